The van der Waals surface area contributed by atoms with Crippen LogP contribution in [0.15, 0.2) is 279 Å². The second-order valence-corrected chi connectivity index (χ2v) is 20.7. The van der Waals surface area contributed by atoms with Gasteiger partial charge >= 0.3 is 41.2 Å². The van der Waals surface area contributed by atoms with Crippen LogP contribution in [0.1, 0.15) is 0 Å². The van der Waals surface area contributed by atoms with E-state index in [4.69, 9.17) is 29.7 Å². The van der Waals surface area contributed by atoms with Crippen molar-refractivity contribution in [2.24, 2.45) is 0 Å². The number of hydrogen-bond donors (Lipinski definition) is 0. The van der Waals surface area contributed by atoms with Crippen molar-refractivity contribution < 1.29 is 45.9 Å². The molecule has 0 aliphatic heterocycles. The van der Waals surface area contributed by atoms with Crippen molar-refractivity contribution in [3.05, 3.63) is 310 Å². The molecule has 0 fully saturated rings. The molecule has 87 heavy (non-hydrogen) atoms. The Kier molecular flexibility index (Phi) is 16.0. The maximum atomic E-state index is 6.96. The van der Waals surface area contributed by atoms with Gasteiger partial charge in [0.1, 0.15) is 0 Å². The molecule has 15 rings (SSSR count). The number of aromatic nitrogens is 5. The van der Waals surface area contributed by atoms with Crippen molar-refractivity contribution in [1.82, 2.24) is 24.9 Å². The molecule has 4 aromatic heterocycles. The van der Waals surface area contributed by atoms with Crippen molar-refractivity contribution in [1.29, 1.82) is 0 Å². The molecule has 11 aromatic carbocycles. The molecule has 412 valence electrons. The molecule has 6 nitrogen and oxygen atoms in total. The van der Waals surface area contributed by atoms with E-state index >= 15 is 0 Å². The Labute approximate surface area is 532 Å². The fourth-order valence-corrected chi connectivity index (χ4v) is 11.5. The minimum absolute atomic E-state index is 0. The van der Waals surface area contributed by atoms with E-state index in [2.05, 4.69) is 200 Å². The first kappa shape index (κ1) is 56.0. The maximum absolute atomic E-state index is 6.96. The van der Waals surface area contributed by atoms with Crippen molar-refractivity contribution in [2.45, 2.75) is 0 Å². The van der Waals surface area contributed by atoms with Crippen molar-refractivity contribution in [3.63, 3.8) is 0 Å². The first-order valence-electron chi connectivity index (χ1n) is 28.1. The zero-order chi connectivity index (χ0) is 56.5. The number of pyridine rings is 3. The summed E-state index contributed by atoms with van der Waals surface area (Å²) in [5.74, 6) is 1.11. The van der Waals surface area contributed by atoms with E-state index in [-0.39, 0.29) is 41.2 Å². The van der Waals surface area contributed by atoms with E-state index in [0.29, 0.717) is 34.4 Å². The molecular formula is C79H46IrN5OPt. The Morgan fingerprint density at radius 1 is 0.299 bits per heavy atom. The van der Waals surface area contributed by atoms with Crippen LogP contribution in [0.2, 0.25) is 0 Å². The van der Waals surface area contributed by atoms with E-state index in [0.717, 1.165) is 100 Å². The molecule has 0 unspecified atom stereocenters. The average Bonchev–Trinajstić information content (AvgIpc) is 2.91. The first-order chi connectivity index (χ1) is 42.1. The topological polar surface area (TPSA) is 73.7 Å². The number of ether oxygens (including phenoxy) is 1. The Hall–Kier alpha value is -10.1. The number of rotatable bonds is 12. The summed E-state index contributed by atoms with van der Waals surface area (Å²) in [6, 6.07) is 106. The van der Waals surface area contributed by atoms with E-state index in [1.807, 2.05) is 110 Å². The molecule has 0 spiro atoms. The van der Waals surface area contributed by atoms with E-state index < -0.39 is 0 Å². The fourth-order valence-electron chi connectivity index (χ4n) is 11.5. The summed E-state index contributed by atoms with van der Waals surface area (Å²) in [7, 11) is 0. The largest absolute Gasteiger partial charge is 3.00 e. The molecule has 4 heterocycles. The summed E-state index contributed by atoms with van der Waals surface area (Å²) in [6.45, 7) is 0. The molecule has 0 bridgehead atoms. The van der Waals surface area contributed by atoms with Crippen LogP contribution in [-0.4, -0.2) is 24.9 Å². The Morgan fingerprint density at radius 2 is 0.770 bits per heavy atom. The summed E-state index contributed by atoms with van der Waals surface area (Å²) in [5.41, 5.74) is 17.5. The van der Waals surface area contributed by atoms with Gasteiger partial charge in [0.05, 0.1) is 5.56 Å². The second kappa shape index (κ2) is 24.8. The SMILES string of the molecule is [Ir+3].[Pt+2].[c-]1ccc[c-]c1-c1ncc(-c2ccccc2-c2cc(-c3ccccc3-c3ccc(-c4[c-]cccc4)nc3)cc(-c3ccccc3-c3ccc(-c4[c-]cccc4)nc3)c2)c(Oc2cccc(-c3[c-]cc4c5ccccc5c5ccccc5c4c3)n2)n1. The molecule has 0 saturated carbocycles. The number of hydrogen-bond acceptors (Lipinski definition) is 6. The Balaban J connectivity index is 0.00000350. The van der Waals surface area contributed by atoms with Gasteiger partial charge in [-0.3, -0.25) is 22.1 Å². The van der Waals surface area contributed by atoms with Gasteiger partial charge in [0.25, 0.3) is 0 Å². The average molecular weight is 1470 g/mol. The van der Waals surface area contributed by atoms with Crippen LogP contribution >= 0.6 is 0 Å². The normalized spacial score (nSPS) is 11.0. The molecule has 8 heteroatoms. The maximum Gasteiger partial charge on any atom is 3.00 e. The van der Waals surface area contributed by atoms with Crippen LogP contribution in [0.3, 0.4) is 0 Å². The van der Waals surface area contributed by atoms with E-state index in [1.165, 1.54) is 21.5 Å². The van der Waals surface area contributed by atoms with Gasteiger partial charge in [-0.05, 0) is 125 Å². The van der Waals surface area contributed by atoms with Gasteiger partial charge in [0.2, 0.25) is 11.8 Å². The van der Waals surface area contributed by atoms with Crippen molar-refractivity contribution in [2.75, 3.05) is 0 Å². The third-order valence-corrected chi connectivity index (χ3v) is 15.6. The van der Waals surface area contributed by atoms with Gasteiger partial charge in [-0.25, -0.2) is 23.8 Å². The van der Waals surface area contributed by atoms with E-state index in [9.17, 15) is 0 Å². The standard InChI is InChI=1S/C79H46N5O.Ir.Pt/c1-4-21-52(22-5-1)74-43-40-56(49-80-74)61-27-10-12-29-63(61)58-45-59(64-30-13-11-28-62(64)57-41-44-75(81-50-57)53-23-6-2-7-24-53)47-60(46-58)65-31-14-15-32-66(65)73-51-82-78(54-25-8-3-9-26-54)84-79(73)85-77-38-20-37-76(83-77)55-39-42-71-69-35-17-16-33-67(69)68-34-18-19-36-70(68)72(71)48-55;;/h1-21,23,27-38,40-51H;;/q-5;+3;+2. The quantitative estimate of drug-likeness (QED) is 0.0896. The molecule has 0 N–H and O–H groups in total. The molecule has 0 saturated heterocycles. The van der Waals surface area contributed by atoms with Gasteiger partial charge in [0.15, 0.2) is 0 Å². The molecule has 15 aromatic rings. The smallest absolute Gasteiger partial charge is 0.422 e. The molecule has 0 aliphatic rings. The minimum atomic E-state index is 0. The van der Waals surface area contributed by atoms with Crippen molar-refractivity contribution >= 4 is 32.3 Å². The minimum Gasteiger partial charge on any atom is -0.422 e. The molecule has 0 amide bonds. The van der Waals surface area contributed by atoms with Crippen LogP contribution < -0.4 is 4.74 Å². The van der Waals surface area contributed by atoms with Gasteiger partial charge in [-0.2, -0.15) is 0 Å². The summed E-state index contributed by atoms with van der Waals surface area (Å²) in [5, 5.41) is 7.04. The zero-order valence-electron chi connectivity index (χ0n) is 46.4. The monoisotopic (exact) mass is 1470 g/mol. The molecule has 0 radical (unpaired) electrons. The number of fused-ring (bicyclic) bond motifs is 6. The third-order valence-electron chi connectivity index (χ3n) is 15.6. The number of benzene rings is 11. The van der Waals surface area contributed by atoms with Crippen LogP contribution in [0.25, 0.3) is 144 Å². The Morgan fingerprint density at radius 3 is 1.29 bits per heavy atom. The molecule has 0 atom stereocenters. The molecular weight excluding hydrogens is 1420 g/mol. The zero-order valence-corrected chi connectivity index (χ0v) is 51.0. The van der Waals surface area contributed by atoms with Crippen LogP contribution in [0, 0.1) is 30.3 Å². The van der Waals surface area contributed by atoms with Crippen molar-refractivity contribution in [3.8, 4) is 124 Å². The van der Waals surface area contributed by atoms with Gasteiger partial charge in [-0.15, -0.1) is 95.6 Å². The van der Waals surface area contributed by atoms with E-state index in [1.54, 1.807) is 0 Å². The van der Waals surface area contributed by atoms with Crippen LogP contribution in [0.4, 0.5) is 0 Å². The predicted molar refractivity (Wildman–Crippen MR) is 343 cm³/mol. The van der Waals surface area contributed by atoms with Gasteiger partial charge in [-0.1, -0.05) is 174 Å². The second-order valence-electron chi connectivity index (χ2n) is 20.7. The summed E-state index contributed by atoms with van der Waals surface area (Å²) < 4.78 is 6.96. The number of nitrogens with zero attached hydrogens (tertiary/aromatic N) is 5. The van der Waals surface area contributed by atoms with Gasteiger partial charge < -0.3 is 19.7 Å². The summed E-state index contributed by atoms with van der Waals surface area (Å²) in [6.07, 6.45) is 5.75. The molecule has 0 aliphatic carbocycles. The van der Waals surface area contributed by atoms with Crippen LogP contribution in [-0.2, 0) is 41.2 Å². The van der Waals surface area contributed by atoms with Gasteiger partial charge in [0, 0.05) is 18.6 Å². The third kappa shape index (κ3) is 11.1. The summed E-state index contributed by atoms with van der Waals surface area (Å²) >= 11 is 0. The first-order valence-corrected chi connectivity index (χ1v) is 28.1. The summed E-state index contributed by atoms with van der Waals surface area (Å²) in [4.78, 5) is 25.2. The van der Waals surface area contributed by atoms with Crippen LogP contribution in [0.5, 0.6) is 11.8 Å². The fraction of sp³-hybridized carbons (Fsp3) is 0. The predicted octanol–water partition coefficient (Wildman–Crippen LogP) is 19.6. The Bertz CT molecular complexity index is 4790.